The second kappa shape index (κ2) is 5.38. The Morgan fingerprint density at radius 3 is 2.71 bits per heavy atom. The molecular formula is C19H16N4O. The van der Waals surface area contributed by atoms with Gasteiger partial charge in [-0.1, -0.05) is 6.58 Å². The molecular weight excluding hydrogens is 300 g/mol. The molecule has 0 saturated heterocycles. The number of hydrogen-bond acceptors (Lipinski definition) is 2. The van der Waals surface area contributed by atoms with Crippen LogP contribution in [0, 0.1) is 10.7 Å². The molecule has 24 heavy (non-hydrogen) atoms. The summed E-state index contributed by atoms with van der Waals surface area (Å²) in [7, 11) is 1.95. The summed E-state index contributed by atoms with van der Waals surface area (Å²) in [6, 6.07) is 9.77. The normalized spacial score (nSPS) is 12.1. The smallest absolute Gasteiger partial charge is 0.257 e. The van der Waals surface area contributed by atoms with Crippen molar-refractivity contribution in [3.8, 4) is 11.1 Å². The molecule has 2 N–H and O–H groups in total. The van der Waals surface area contributed by atoms with Crippen molar-refractivity contribution in [1.29, 1.82) is 0 Å². The number of aromatic amines is 2. The molecule has 0 unspecified atom stereocenters. The Hall–Kier alpha value is -3.34. The molecule has 2 aromatic rings. The standard InChI is InChI=1S/C19H16N4O/c1-12-15(13-5-7-20-8-6-13)11-16-17(19(24)22-18(16)21-12)10-14-4-3-9-23(14)2/h3-11,21H,1H2,2H3,(H,22,24). The predicted octanol–water partition coefficient (Wildman–Crippen LogP) is 1.07. The number of aromatic nitrogens is 4. The first kappa shape index (κ1) is 14.3. The molecule has 0 aromatic carbocycles. The van der Waals surface area contributed by atoms with Crippen molar-refractivity contribution < 1.29 is 0 Å². The predicted molar refractivity (Wildman–Crippen MR) is 93.7 cm³/mol. The number of H-pyrrole nitrogens is 2. The van der Waals surface area contributed by atoms with Crippen molar-refractivity contribution >= 4 is 12.7 Å². The van der Waals surface area contributed by atoms with Gasteiger partial charge in [-0.25, -0.2) is 0 Å². The van der Waals surface area contributed by atoms with E-state index in [9.17, 15) is 4.79 Å². The van der Waals surface area contributed by atoms with Crippen LogP contribution >= 0.6 is 0 Å². The molecule has 0 spiro atoms. The minimum absolute atomic E-state index is 0.117. The fraction of sp³-hybridized carbons (Fsp3) is 0.0526. The van der Waals surface area contributed by atoms with Gasteiger partial charge in [0.05, 0.1) is 5.22 Å². The van der Waals surface area contributed by atoms with Crippen LogP contribution in [0.4, 0.5) is 0 Å². The summed E-state index contributed by atoms with van der Waals surface area (Å²) in [4.78, 5) is 22.5. The third-order valence-electron chi connectivity index (χ3n) is 4.20. The number of aryl methyl sites for hydroxylation is 1. The number of hydrogen-bond donors (Lipinski definition) is 2. The molecule has 0 bridgehead atoms. The SMILES string of the molecule is C=c1[nH]c2[nH]c(=O)c(=Cc3cccn3C)c=2cc1-c1ccncc1. The molecule has 4 heterocycles. The molecule has 0 saturated carbocycles. The van der Waals surface area contributed by atoms with E-state index in [2.05, 4.69) is 21.5 Å². The van der Waals surface area contributed by atoms with Gasteiger partial charge in [-0.15, -0.1) is 0 Å². The second-order valence-corrected chi connectivity index (χ2v) is 5.74. The van der Waals surface area contributed by atoms with E-state index in [0.717, 1.165) is 27.4 Å². The second-order valence-electron chi connectivity index (χ2n) is 5.74. The quantitative estimate of drug-likeness (QED) is 0.581. The fourth-order valence-corrected chi connectivity index (χ4v) is 2.91. The summed E-state index contributed by atoms with van der Waals surface area (Å²) in [5, 5.41) is 2.24. The summed E-state index contributed by atoms with van der Waals surface area (Å²) in [6.07, 6.45) is 7.33. The number of nitrogens with zero attached hydrogens (tertiary/aromatic N) is 2. The maximum absolute atomic E-state index is 12.4. The number of nitrogens with one attached hydrogen (secondary N) is 2. The van der Waals surface area contributed by atoms with Gasteiger partial charge in [0.1, 0.15) is 5.48 Å². The van der Waals surface area contributed by atoms with E-state index in [-0.39, 0.29) is 5.56 Å². The highest BCUT2D eigenvalue weighted by Crippen LogP contribution is 2.12. The monoisotopic (exact) mass is 316 g/mol. The first-order valence-electron chi connectivity index (χ1n) is 7.61. The van der Waals surface area contributed by atoms with Crippen molar-refractivity contribution in [2.75, 3.05) is 0 Å². The van der Waals surface area contributed by atoms with Gasteiger partial charge in [0.2, 0.25) is 0 Å². The maximum atomic E-state index is 12.4. The number of rotatable bonds is 2. The lowest BCUT2D eigenvalue weighted by Crippen LogP contribution is -2.22. The van der Waals surface area contributed by atoms with Gasteiger partial charge in [-0.3, -0.25) is 9.78 Å². The highest BCUT2D eigenvalue weighted by atomic mass is 16.1. The van der Waals surface area contributed by atoms with E-state index in [1.165, 1.54) is 0 Å². The van der Waals surface area contributed by atoms with Crippen LogP contribution in [0.25, 0.3) is 23.8 Å². The van der Waals surface area contributed by atoms with Crippen LogP contribution in [0.15, 0.2) is 53.7 Å². The molecule has 5 heteroatoms. The third-order valence-corrected chi connectivity index (χ3v) is 4.20. The lowest BCUT2D eigenvalue weighted by molar-refractivity contribution is 0.914. The average Bonchev–Trinajstić information content (AvgIpc) is 3.11. The first-order chi connectivity index (χ1) is 11.6. The highest BCUT2D eigenvalue weighted by molar-refractivity contribution is 5.63. The lowest BCUT2D eigenvalue weighted by Gasteiger charge is -2.02. The molecule has 2 aliphatic heterocycles. The molecule has 4 rings (SSSR count). The van der Waals surface area contributed by atoms with E-state index < -0.39 is 0 Å². The zero-order valence-corrected chi connectivity index (χ0v) is 13.2. The fourth-order valence-electron chi connectivity index (χ4n) is 2.91. The number of pyridine rings is 1. The summed E-state index contributed by atoms with van der Waals surface area (Å²) in [5.41, 5.74) is 3.49. The van der Waals surface area contributed by atoms with Crippen LogP contribution in [0.5, 0.6) is 0 Å². The summed E-state index contributed by atoms with van der Waals surface area (Å²) < 4.78 is 1.97. The van der Waals surface area contributed by atoms with Crippen LogP contribution in [0.1, 0.15) is 5.69 Å². The summed E-state index contributed by atoms with van der Waals surface area (Å²) in [6.45, 7) is 4.06. The minimum atomic E-state index is -0.117. The van der Waals surface area contributed by atoms with E-state index in [0.29, 0.717) is 10.7 Å². The summed E-state index contributed by atoms with van der Waals surface area (Å²) >= 11 is 0. The Labute approximate surface area is 137 Å². The van der Waals surface area contributed by atoms with Gasteiger partial charge in [-0.05, 0) is 42.0 Å². The van der Waals surface area contributed by atoms with E-state index in [1.807, 2.05) is 54.2 Å². The van der Waals surface area contributed by atoms with Gasteiger partial charge in [0, 0.05) is 47.5 Å². The van der Waals surface area contributed by atoms with Gasteiger partial charge in [0.25, 0.3) is 5.56 Å². The van der Waals surface area contributed by atoms with Crippen molar-refractivity contribution in [3.63, 3.8) is 0 Å². The van der Waals surface area contributed by atoms with Crippen LogP contribution in [0.3, 0.4) is 0 Å². The topological polar surface area (TPSA) is 66.5 Å². The molecule has 118 valence electrons. The van der Waals surface area contributed by atoms with E-state index in [4.69, 9.17) is 0 Å². The third kappa shape index (κ3) is 2.27. The molecule has 0 aliphatic carbocycles. The minimum Gasteiger partial charge on any atom is -0.351 e. The van der Waals surface area contributed by atoms with Gasteiger partial charge in [0.15, 0.2) is 0 Å². The summed E-state index contributed by atoms with van der Waals surface area (Å²) in [5.74, 6) is 0. The average molecular weight is 316 g/mol. The van der Waals surface area contributed by atoms with Crippen molar-refractivity contribution in [2.45, 2.75) is 0 Å². The van der Waals surface area contributed by atoms with Crippen LogP contribution < -0.4 is 16.1 Å². The molecule has 0 amide bonds. The van der Waals surface area contributed by atoms with E-state index in [1.54, 1.807) is 12.4 Å². The molecule has 0 atom stereocenters. The molecule has 0 radical (unpaired) electrons. The molecule has 0 fully saturated rings. The Balaban J connectivity index is 2.07. The lowest BCUT2D eigenvalue weighted by atomic mass is 10.1. The van der Waals surface area contributed by atoms with Gasteiger partial charge < -0.3 is 14.5 Å². The van der Waals surface area contributed by atoms with Gasteiger partial charge >= 0.3 is 0 Å². The molecule has 2 aromatic heterocycles. The van der Waals surface area contributed by atoms with Crippen LogP contribution in [-0.4, -0.2) is 19.5 Å². The van der Waals surface area contributed by atoms with E-state index >= 15 is 0 Å². The zero-order valence-electron chi connectivity index (χ0n) is 13.2. The Kier molecular flexibility index (Phi) is 3.20. The van der Waals surface area contributed by atoms with Crippen molar-refractivity contribution in [3.05, 3.63) is 86.2 Å². The van der Waals surface area contributed by atoms with Crippen LogP contribution in [-0.2, 0) is 7.05 Å². The Morgan fingerprint density at radius 1 is 1.21 bits per heavy atom. The highest BCUT2D eigenvalue weighted by Gasteiger charge is 2.05. The maximum Gasteiger partial charge on any atom is 0.257 e. The molecule has 5 nitrogen and oxygen atoms in total. The van der Waals surface area contributed by atoms with Crippen molar-refractivity contribution in [2.24, 2.45) is 7.05 Å². The first-order valence-corrected chi connectivity index (χ1v) is 7.61. The molecule has 2 aliphatic rings. The van der Waals surface area contributed by atoms with Gasteiger partial charge in [-0.2, -0.15) is 0 Å². The Bertz CT molecular complexity index is 1250. The van der Waals surface area contributed by atoms with Crippen molar-refractivity contribution in [1.82, 2.24) is 19.5 Å². The Morgan fingerprint density at radius 2 is 2.00 bits per heavy atom. The van der Waals surface area contributed by atoms with Crippen LogP contribution in [0.2, 0.25) is 0 Å². The largest absolute Gasteiger partial charge is 0.351 e. The zero-order chi connectivity index (χ0) is 16.7.